The maximum absolute atomic E-state index is 12.7. The van der Waals surface area contributed by atoms with Crippen molar-refractivity contribution in [3.05, 3.63) is 56.7 Å². The van der Waals surface area contributed by atoms with Gasteiger partial charge in [-0.05, 0) is 38.9 Å². The Morgan fingerprint density at radius 1 is 1.31 bits per heavy atom. The zero-order chi connectivity index (χ0) is 18.5. The fourth-order valence-corrected chi connectivity index (χ4v) is 4.42. The average molecular weight is 437 g/mol. The molecular weight excluding hydrogens is 416 g/mol. The number of amides is 2. The van der Waals surface area contributed by atoms with Crippen molar-refractivity contribution >= 4 is 39.3 Å². The number of carbonyl (C=O) groups excluding carboxylic acids is 2. The zero-order valence-corrected chi connectivity index (χ0v) is 17.0. The van der Waals surface area contributed by atoms with E-state index in [0.717, 1.165) is 15.6 Å². The van der Waals surface area contributed by atoms with E-state index < -0.39 is 0 Å². The molecule has 1 unspecified atom stereocenters. The van der Waals surface area contributed by atoms with Crippen molar-refractivity contribution in [2.45, 2.75) is 19.6 Å². The van der Waals surface area contributed by atoms with Gasteiger partial charge >= 0.3 is 6.09 Å². The molecule has 1 aliphatic rings. The van der Waals surface area contributed by atoms with Crippen LogP contribution in [0.3, 0.4) is 0 Å². The summed E-state index contributed by atoms with van der Waals surface area (Å²) in [6, 6.07) is 9.58. The molecule has 0 radical (unpaired) electrons. The van der Waals surface area contributed by atoms with E-state index in [9.17, 15) is 9.59 Å². The first-order valence-electron chi connectivity index (χ1n) is 8.45. The Morgan fingerprint density at radius 3 is 2.77 bits per heavy atom. The van der Waals surface area contributed by atoms with Crippen LogP contribution in [0.4, 0.5) is 4.79 Å². The third-order valence-electron chi connectivity index (χ3n) is 4.47. The van der Waals surface area contributed by atoms with Crippen molar-refractivity contribution in [1.29, 1.82) is 0 Å². The Balaban J connectivity index is 1.48. The predicted molar refractivity (Wildman–Crippen MR) is 105 cm³/mol. The normalized spacial score (nSPS) is 16.5. The van der Waals surface area contributed by atoms with Crippen LogP contribution in [0.25, 0.3) is 0 Å². The van der Waals surface area contributed by atoms with Crippen LogP contribution in [-0.2, 0) is 22.7 Å². The molecule has 0 saturated carbocycles. The lowest BCUT2D eigenvalue weighted by atomic mass is 10.1. The third-order valence-corrected chi connectivity index (χ3v) is 6.31. The van der Waals surface area contributed by atoms with Gasteiger partial charge in [0.25, 0.3) is 0 Å². The molecule has 0 bridgehead atoms. The van der Waals surface area contributed by atoms with Crippen molar-refractivity contribution in [3.63, 3.8) is 0 Å². The fraction of sp³-hybridized carbons (Fsp3) is 0.368. The second-order valence-electron chi connectivity index (χ2n) is 6.41. The van der Waals surface area contributed by atoms with E-state index in [-0.39, 0.29) is 24.5 Å². The van der Waals surface area contributed by atoms with E-state index in [1.807, 2.05) is 48.1 Å². The number of hydrogen-bond acceptors (Lipinski definition) is 4. The molecule has 138 valence electrons. The second kappa shape index (κ2) is 8.68. The van der Waals surface area contributed by atoms with E-state index in [1.54, 1.807) is 21.1 Å². The number of likely N-dealkylation sites (tertiary alicyclic amines) is 1. The number of thiophene rings is 1. The van der Waals surface area contributed by atoms with Gasteiger partial charge in [-0.25, -0.2) is 4.79 Å². The molecule has 2 aromatic rings. The van der Waals surface area contributed by atoms with Gasteiger partial charge in [0.15, 0.2) is 0 Å². The van der Waals surface area contributed by atoms with Crippen LogP contribution < -0.4 is 0 Å². The highest BCUT2D eigenvalue weighted by atomic mass is 79.9. The van der Waals surface area contributed by atoms with Gasteiger partial charge in [0.1, 0.15) is 6.61 Å². The predicted octanol–water partition coefficient (Wildman–Crippen LogP) is 4.13. The first-order valence-corrected chi connectivity index (χ1v) is 10.2. The van der Waals surface area contributed by atoms with E-state index >= 15 is 0 Å². The number of hydrogen-bond donors (Lipinski definition) is 0. The SMILES string of the molecule is CN(Cc1cscc1Br)C(=O)C1CCN(C(=O)OCc2ccccc2)C1. The third kappa shape index (κ3) is 4.65. The fourth-order valence-electron chi connectivity index (χ4n) is 3.00. The maximum atomic E-state index is 12.7. The van der Waals surface area contributed by atoms with Crippen LogP contribution in [0.5, 0.6) is 0 Å². The molecule has 0 spiro atoms. The van der Waals surface area contributed by atoms with E-state index in [1.165, 1.54) is 0 Å². The molecule has 1 aromatic carbocycles. The lowest BCUT2D eigenvalue weighted by Gasteiger charge is -2.21. The van der Waals surface area contributed by atoms with Gasteiger partial charge in [-0.2, -0.15) is 11.3 Å². The van der Waals surface area contributed by atoms with Crippen molar-refractivity contribution in [3.8, 4) is 0 Å². The molecule has 1 aliphatic heterocycles. The Hall–Kier alpha value is -1.86. The quantitative estimate of drug-likeness (QED) is 0.707. The monoisotopic (exact) mass is 436 g/mol. The van der Waals surface area contributed by atoms with Gasteiger partial charge in [0, 0.05) is 36.5 Å². The van der Waals surface area contributed by atoms with Crippen molar-refractivity contribution in [1.82, 2.24) is 9.80 Å². The summed E-state index contributed by atoms with van der Waals surface area (Å²) >= 11 is 5.10. The van der Waals surface area contributed by atoms with Gasteiger partial charge < -0.3 is 14.5 Å². The van der Waals surface area contributed by atoms with Crippen molar-refractivity contribution in [2.75, 3.05) is 20.1 Å². The largest absolute Gasteiger partial charge is 0.445 e. The van der Waals surface area contributed by atoms with Gasteiger partial charge in [-0.15, -0.1) is 0 Å². The summed E-state index contributed by atoms with van der Waals surface area (Å²) in [4.78, 5) is 28.3. The van der Waals surface area contributed by atoms with Gasteiger partial charge in [0.05, 0.1) is 5.92 Å². The minimum absolute atomic E-state index is 0.0708. The van der Waals surface area contributed by atoms with Crippen LogP contribution in [0.15, 0.2) is 45.6 Å². The molecule has 3 rings (SSSR count). The Kier molecular flexibility index (Phi) is 6.32. The molecule has 1 fully saturated rings. The Morgan fingerprint density at radius 2 is 2.08 bits per heavy atom. The van der Waals surface area contributed by atoms with Gasteiger partial charge in [0.2, 0.25) is 5.91 Å². The summed E-state index contributed by atoms with van der Waals surface area (Å²) in [5.41, 5.74) is 2.05. The highest BCUT2D eigenvalue weighted by Gasteiger charge is 2.33. The first-order chi connectivity index (χ1) is 12.5. The molecule has 0 aliphatic carbocycles. The minimum Gasteiger partial charge on any atom is -0.445 e. The topological polar surface area (TPSA) is 49.9 Å². The molecule has 5 nitrogen and oxygen atoms in total. The molecular formula is C19H21BrN2O3S. The highest BCUT2D eigenvalue weighted by Crippen LogP contribution is 2.24. The number of carbonyl (C=O) groups is 2. The number of halogens is 1. The lowest BCUT2D eigenvalue weighted by molar-refractivity contribution is -0.134. The second-order valence-corrected chi connectivity index (χ2v) is 8.01. The Bertz CT molecular complexity index is 765. The van der Waals surface area contributed by atoms with Gasteiger partial charge in [-0.1, -0.05) is 30.3 Å². The van der Waals surface area contributed by atoms with E-state index in [2.05, 4.69) is 15.9 Å². The molecule has 1 saturated heterocycles. The summed E-state index contributed by atoms with van der Waals surface area (Å²) in [7, 11) is 1.81. The molecule has 2 amide bonds. The summed E-state index contributed by atoms with van der Waals surface area (Å²) in [5, 5.41) is 4.05. The zero-order valence-electron chi connectivity index (χ0n) is 14.6. The van der Waals surface area contributed by atoms with E-state index in [4.69, 9.17) is 4.74 Å². The minimum atomic E-state index is -0.354. The number of nitrogens with zero attached hydrogens (tertiary/aromatic N) is 2. The average Bonchev–Trinajstić information content (AvgIpc) is 3.30. The van der Waals surface area contributed by atoms with Crippen molar-refractivity contribution < 1.29 is 14.3 Å². The number of rotatable bonds is 5. The lowest BCUT2D eigenvalue weighted by Crippen LogP contribution is -2.35. The maximum Gasteiger partial charge on any atom is 0.410 e. The summed E-state index contributed by atoms with van der Waals surface area (Å²) in [6.07, 6.45) is 0.321. The summed E-state index contributed by atoms with van der Waals surface area (Å²) in [6.45, 7) is 1.79. The smallest absolute Gasteiger partial charge is 0.410 e. The molecule has 26 heavy (non-hydrogen) atoms. The van der Waals surface area contributed by atoms with Crippen LogP contribution in [-0.4, -0.2) is 41.9 Å². The van der Waals surface area contributed by atoms with Crippen LogP contribution in [0.2, 0.25) is 0 Å². The molecule has 7 heteroatoms. The molecule has 2 heterocycles. The molecule has 0 N–H and O–H groups in total. The number of ether oxygens (including phenoxy) is 1. The van der Waals surface area contributed by atoms with E-state index in [0.29, 0.717) is 26.1 Å². The summed E-state index contributed by atoms with van der Waals surface area (Å²) in [5.74, 6) is -0.0943. The van der Waals surface area contributed by atoms with Crippen molar-refractivity contribution in [2.24, 2.45) is 5.92 Å². The molecule has 1 aromatic heterocycles. The van der Waals surface area contributed by atoms with Crippen LogP contribution >= 0.6 is 27.3 Å². The van der Waals surface area contributed by atoms with Crippen LogP contribution in [0.1, 0.15) is 17.5 Å². The molecule has 1 atom stereocenters. The highest BCUT2D eigenvalue weighted by molar-refractivity contribution is 9.10. The van der Waals surface area contributed by atoms with Gasteiger partial charge in [-0.3, -0.25) is 4.79 Å². The Labute approximate surface area is 165 Å². The first kappa shape index (κ1) is 18.9. The standard InChI is InChI=1S/C19H21BrN2O3S/c1-21(9-16-12-26-13-17(16)20)18(23)15-7-8-22(10-15)19(24)25-11-14-5-3-2-4-6-14/h2-6,12-13,15H,7-11H2,1H3. The summed E-state index contributed by atoms with van der Waals surface area (Å²) < 4.78 is 6.39. The number of benzene rings is 1. The van der Waals surface area contributed by atoms with Crippen LogP contribution in [0, 0.1) is 5.92 Å².